The molecule has 148 valence electrons. The Bertz CT molecular complexity index is 965. The topological polar surface area (TPSA) is 59.6 Å². The van der Waals surface area contributed by atoms with Crippen molar-refractivity contribution in [2.75, 3.05) is 18.5 Å². The third-order valence-corrected chi connectivity index (χ3v) is 4.73. The van der Waals surface area contributed by atoms with Crippen LogP contribution < -0.4 is 20.1 Å². The van der Waals surface area contributed by atoms with Gasteiger partial charge in [-0.25, -0.2) is 0 Å². The molecule has 0 aliphatic heterocycles. The van der Waals surface area contributed by atoms with E-state index in [1.54, 1.807) is 24.3 Å². The first kappa shape index (κ1) is 20.8. The molecule has 0 radical (unpaired) electrons. The Labute approximate surface area is 183 Å². The average Bonchev–Trinajstić information content (AvgIpc) is 2.74. The van der Waals surface area contributed by atoms with Crippen LogP contribution in [0.5, 0.6) is 11.5 Å². The number of para-hydroxylation sites is 2. The van der Waals surface area contributed by atoms with Crippen molar-refractivity contribution in [1.29, 1.82) is 0 Å². The van der Waals surface area contributed by atoms with E-state index in [1.807, 2.05) is 54.6 Å². The predicted molar refractivity (Wildman–Crippen MR) is 122 cm³/mol. The van der Waals surface area contributed by atoms with Crippen molar-refractivity contribution in [2.24, 2.45) is 0 Å². The number of thiocarbonyl (C=S) groups is 1. The minimum Gasteiger partial charge on any atom is -0.490 e. The Morgan fingerprint density at radius 3 is 2.07 bits per heavy atom. The fourth-order valence-electron chi connectivity index (χ4n) is 2.43. The maximum absolute atomic E-state index is 12.3. The maximum Gasteiger partial charge on any atom is 0.257 e. The van der Waals surface area contributed by atoms with Crippen LogP contribution in [0, 0.1) is 0 Å². The van der Waals surface area contributed by atoms with Gasteiger partial charge in [0.15, 0.2) is 5.11 Å². The number of rotatable bonds is 7. The molecule has 1 amide bonds. The first-order valence-electron chi connectivity index (χ1n) is 8.89. The van der Waals surface area contributed by atoms with Gasteiger partial charge in [0.2, 0.25) is 0 Å². The largest absolute Gasteiger partial charge is 0.490 e. The smallest absolute Gasteiger partial charge is 0.257 e. The van der Waals surface area contributed by atoms with E-state index in [2.05, 4.69) is 26.6 Å². The summed E-state index contributed by atoms with van der Waals surface area (Å²) < 4.78 is 12.1. The Hall–Kier alpha value is -2.90. The van der Waals surface area contributed by atoms with Gasteiger partial charge < -0.3 is 14.8 Å². The fourth-order valence-corrected chi connectivity index (χ4v) is 3.02. The molecule has 7 heteroatoms. The summed E-state index contributed by atoms with van der Waals surface area (Å²) in [5.74, 6) is 1.16. The van der Waals surface area contributed by atoms with Crippen LogP contribution in [0.15, 0.2) is 83.3 Å². The van der Waals surface area contributed by atoms with Crippen LogP contribution in [0.2, 0.25) is 0 Å². The summed E-state index contributed by atoms with van der Waals surface area (Å²) >= 11 is 8.63. The molecule has 2 N–H and O–H groups in total. The van der Waals surface area contributed by atoms with Crippen molar-refractivity contribution >= 4 is 44.9 Å². The molecule has 3 aromatic rings. The van der Waals surface area contributed by atoms with Crippen molar-refractivity contribution in [3.63, 3.8) is 0 Å². The first-order valence-corrected chi connectivity index (χ1v) is 10.1. The highest BCUT2D eigenvalue weighted by Crippen LogP contribution is 2.21. The maximum atomic E-state index is 12.3. The van der Waals surface area contributed by atoms with E-state index in [4.69, 9.17) is 21.7 Å². The highest BCUT2D eigenvalue weighted by molar-refractivity contribution is 9.10. The Balaban J connectivity index is 1.44. The second-order valence-corrected chi connectivity index (χ2v) is 7.19. The van der Waals surface area contributed by atoms with E-state index in [0.717, 1.165) is 15.9 Å². The van der Waals surface area contributed by atoms with E-state index in [-0.39, 0.29) is 11.0 Å². The van der Waals surface area contributed by atoms with Gasteiger partial charge in [-0.05, 0) is 76.7 Å². The van der Waals surface area contributed by atoms with E-state index in [9.17, 15) is 4.79 Å². The highest BCUT2D eigenvalue weighted by Gasteiger charge is 2.09. The van der Waals surface area contributed by atoms with Crippen molar-refractivity contribution in [2.45, 2.75) is 0 Å². The van der Waals surface area contributed by atoms with Gasteiger partial charge in [-0.15, -0.1) is 0 Å². The third-order valence-electron chi connectivity index (χ3n) is 3.83. The number of hydrogen-bond acceptors (Lipinski definition) is 4. The number of amides is 1. The van der Waals surface area contributed by atoms with Gasteiger partial charge in [0.25, 0.3) is 5.91 Å². The number of carbonyl (C=O) groups is 1. The summed E-state index contributed by atoms with van der Waals surface area (Å²) in [5, 5.41) is 5.87. The number of carbonyl (C=O) groups excluding carboxylic acids is 1. The van der Waals surface area contributed by atoms with Crippen LogP contribution in [-0.2, 0) is 0 Å². The summed E-state index contributed by atoms with van der Waals surface area (Å²) in [6, 6.07) is 23.9. The Morgan fingerprint density at radius 2 is 1.41 bits per heavy atom. The number of anilines is 1. The van der Waals surface area contributed by atoms with Crippen LogP contribution >= 0.6 is 28.1 Å². The number of ether oxygens (including phenoxy) is 2. The molecule has 0 aromatic heterocycles. The van der Waals surface area contributed by atoms with Gasteiger partial charge in [0, 0.05) is 10.0 Å². The summed E-state index contributed by atoms with van der Waals surface area (Å²) in [7, 11) is 0. The first-order chi connectivity index (χ1) is 14.1. The zero-order chi connectivity index (χ0) is 20.5. The van der Waals surface area contributed by atoms with Crippen LogP contribution in [0.25, 0.3) is 0 Å². The normalized spacial score (nSPS) is 10.1. The molecule has 0 saturated carbocycles. The molecule has 0 saturated heterocycles. The molecule has 0 unspecified atom stereocenters. The summed E-state index contributed by atoms with van der Waals surface area (Å²) in [4.78, 5) is 12.3. The zero-order valence-corrected chi connectivity index (χ0v) is 17.8. The summed E-state index contributed by atoms with van der Waals surface area (Å²) in [6.07, 6.45) is 0. The molecule has 3 aromatic carbocycles. The molecule has 5 nitrogen and oxygen atoms in total. The zero-order valence-electron chi connectivity index (χ0n) is 15.4. The van der Waals surface area contributed by atoms with Gasteiger partial charge in [-0.2, -0.15) is 0 Å². The van der Waals surface area contributed by atoms with Crippen molar-refractivity contribution in [3.05, 3.63) is 88.9 Å². The van der Waals surface area contributed by atoms with Gasteiger partial charge in [0.05, 0.1) is 5.69 Å². The molecule has 0 bridgehead atoms. The van der Waals surface area contributed by atoms with Crippen molar-refractivity contribution < 1.29 is 14.3 Å². The SMILES string of the molecule is O=C(NC(=S)Nc1ccccc1Br)c1ccc(OCCOc2ccccc2)cc1. The van der Waals surface area contributed by atoms with Gasteiger partial charge >= 0.3 is 0 Å². The molecule has 0 atom stereocenters. The number of nitrogens with one attached hydrogen (secondary N) is 2. The molecule has 0 fully saturated rings. The third kappa shape index (κ3) is 6.58. The Kier molecular flexibility index (Phi) is 7.61. The lowest BCUT2D eigenvalue weighted by atomic mass is 10.2. The lowest BCUT2D eigenvalue weighted by Crippen LogP contribution is -2.34. The summed E-state index contributed by atoms with van der Waals surface area (Å²) in [6.45, 7) is 0.835. The van der Waals surface area contributed by atoms with Crippen LogP contribution in [0.4, 0.5) is 5.69 Å². The molecular formula is C22H19BrN2O3S. The average molecular weight is 471 g/mol. The fraction of sp³-hybridized carbons (Fsp3) is 0.0909. The number of hydrogen-bond donors (Lipinski definition) is 2. The van der Waals surface area contributed by atoms with Gasteiger partial charge in [0.1, 0.15) is 24.7 Å². The van der Waals surface area contributed by atoms with E-state index >= 15 is 0 Å². The van der Waals surface area contributed by atoms with E-state index in [0.29, 0.717) is 24.5 Å². The summed E-state index contributed by atoms with van der Waals surface area (Å²) in [5.41, 5.74) is 1.26. The van der Waals surface area contributed by atoms with Crippen molar-refractivity contribution in [3.8, 4) is 11.5 Å². The molecule has 0 aliphatic carbocycles. The Morgan fingerprint density at radius 1 is 0.828 bits per heavy atom. The quantitative estimate of drug-likeness (QED) is 0.374. The van der Waals surface area contributed by atoms with Gasteiger partial charge in [-0.1, -0.05) is 30.3 Å². The molecule has 0 heterocycles. The van der Waals surface area contributed by atoms with Crippen molar-refractivity contribution in [1.82, 2.24) is 5.32 Å². The molecule has 29 heavy (non-hydrogen) atoms. The second-order valence-electron chi connectivity index (χ2n) is 5.92. The van der Waals surface area contributed by atoms with Crippen LogP contribution in [0.3, 0.4) is 0 Å². The monoisotopic (exact) mass is 470 g/mol. The second kappa shape index (κ2) is 10.6. The number of halogens is 1. The number of benzene rings is 3. The standard InChI is InChI=1S/C22H19BrN2O3S/c23-19-8-4-5-9-20(19)24-22(29)25-21(26)16-10-12-18(13-11-16)28-15-14-27-17-6-2-1-3-7-17/h1-13H,14-15H2,(H2,24,25,26,29). The molecular weight excluding hydrogens is 452 g/mol. The predicted octanol–water partition coefficient (Wildman–Crippen LogP) is 5.03. The lowest BCUT2D eigenvalue weighted by molar-refractivity contribution is 0.0977. The van der Waals surface area contributed by atoms with E-state index < -0.39 is 0 Å². The highest BCUT2D eigenvalue weighted by atomic mass is 79.9. The van der Waals surface area contributed by atoms with Crippen LogP contribution in [0.1, 0.15) is 10.4 Å². The molecule has 3 rings (SSSR count). The molecule has 0 aliphatic rings. The van der Waals surface area contributed by atoms with Gasteiger partial charge in [-0.3, -0.25) is 10.1 Å². The minimum atomic E-state index is -0.298. The molecule has 0 spiro atoms. The lowest BCUT2D eigenvalue weighted by Gasteiger charge is -2.11. The minimum absolute atomic E-state index is 0.222. The van der Waals surface area contributed by atoms with E-state index in [1.165, 1.54) is 0 Å². The van der Waals surface area contributed by atoms with Crippen LogP contribution in [-0.4, -0.2) is 24.2 Å².